The van der Waals surface area contributed by atoms with Crippen LogP contribution in [0.2, 0.25) is 0 Å². The zero-order valence-corrected chi connectivity index (χ0v) is 66.0. The first-order valence-corrected chi connectivity index (χ1v) is 31.3. The van der Waals surface area contributed by atoms with Crippen molar-refractivity contribution in [3.8, 4) is 55.6 Å². The van der Waals surface area contributed by atoms with Crippen LogP contribution in [0.25, 0.3) is 55.6 Å². The molecule has 0 aliphatic carbocycles. The van der Waals surface area contributed by atoms with Crippen LogP contribution in [0.5, 0.6) is 0 Å². The third-order valence-electron chi connectivity index (χ3n) is 16.3. The number of rotatable bonds is 5. The summed E-state index contributed by atoms with van der Waals surface area (Å²) in [6, 6.07) is 85.3. The van der Waals surface area contributed by atoms with Crippen LogP contribution in [-0.2, 0) is 92.5 Å². The standard InChI is InChI=1S/2C18H22.3C17H19.2CH4.2Y.Yb/c1-13-7-6-8-14(2)17(13)15-9-11-16(12-10-15)18(3,4)5;1-13-11-16(18(3,4)5)12-14(2)17(13)15-9-7-6-8-10-15;1-13-12-15(17(2,3)4)10-11-16(13)14-8-6-5-7-9-14;2*1-13-10-11-15(17(2,3)4)12-16(13)14-8-6-5-7-9-14;;;;;/h2*6-12H,1-5H3;3*5-8,10-12H,1-4H3;2*1H4;;;/q;;3*-1;;;;;. The summed E-state index contributed by atoms with van der Waals surface area (Å²) in [6.07, 6.45) is 0. The van der Waals surface area contributed by atoms with E-state index in [1.54, 1.807) is 0 Å². The van der Waals surface area contributed by atoms with Gasteiger partial charge in [-0.3, -0.25) is 0 Å². The number of benzene rings is 10. The molecule has 0 N–H and O–H groups in total. The van der Waals surface area contributed by atoms with Gasteiger partial charge in [0.05, 0.1) is 0 Å². The first kappa shape index (κ1) is 85.9. The topological polar surface area (TPSA) is 0 Å². The van der Waals surface area contributed by atoms with Gasteiger partial charge in [-0.25, -0.2) is 0 Å². The summed E-state index contributed by atoms with van der Waals surface area (Å²) in [5, 5.41) is 0. The van der Waals surface area contributed by atoms with Crippen molar-refractivity contribution in [3.05, 3.63) is 297 Å². The summed E-state index contributed by atoms with van der Waals surface area (Å²) >= 11 is 0. The maximum Gasteiger partial charge on any atom is 0 e. The predicted octanol–water partition coefficient (Wildman–Crippen LogP) is 26.1. The first-order chi connectivity index (χ1) is 40.7. The number of hydrogen-bond acceptors (Lipinski definition) is 0. The molecule has 0 saturated carbocycles. The van der Waals surface area contributed by atoms with Crippen LogP contribution in [-0.4, -0.2) is 0 Å². The second-order valence-electron chi connectivity index (χ2n) is 28.9. The van der Waals surface area contributed by atoms with E-state index in [2.05, 4.69) is 346 Å². The Hall–Kier alpha value is -4.07. The maximum absolute atomic E-state index is 3.30. The number of hydrogen-bond donors (Lipinski definition) is 0. The van der Waals surface area contributed by atoms with E-state index in [0.29, 0.717) is 0 Å². The molecule has 3 heteroatoms. The Labute approximate surface area is 651 Å². The second kappa shape index (κ2) is 38.0. The largest absolute Gasteiger partial charge is 0.147 e. The Morgan fingerprint density at radius 3 is 0.891 bits per heavy atom. The SMILES string of the molecule is C.C.Cc1cc(C(C)(C)C)cc(C)c1-c1ccccc1.Cc1cc(C(C)(C)C)ccc1-c1[c-]cccc1.Cc1ccc(C(C)(C)C)cc1-c1[c-]cccc1.Cc1ccc(C(C)(C)C)cc1-c1[c-]cccc1.Cc1cccc(C)c1-c1ccc(C(C)(C)C)cc1.[Y].[Y].[Yb]. The summed E-state index contributed by atoms with van der Waals surface area (Å²) in [5.74, 6) is 0. The zero-order chi connectivity index (χ0) is 64.1. The van der Waals surface area contributed by atoms with E-state index in [1.165, 1.54) is 122 Å². The Bertz CT molecular complexity index is 3640. The van der Waals surface area contributed by atoms with Crippen molar-refractivity contribution in [2.45, 2.75) is 194 Å². The molecule has 10 rings (SSSR count). The molecule has 0 saturated heterocycles. The molecule has 92 heavy (non-hydrogen) atoms. The third kappa shape index (κ3) is 25.2. The van der Waals surface area contributed by atoms with E-state index in [1.807, 2.05) is 36.4 Å². The van der Waals surface area contributed by atoms with Gasteiger partial charge in [0.15, 0.2) is 0 Å². The zero-order valence-electron chi connectivity index (χ0n) is 58.6. The van der Waals surface area contributed by atoms with Gasteiger partial charge in [-0.1, -0.05) is 303 Å². The van der Waals surface area contributed by atoms with Crippen molar-refractivity contribution < 1.29 is 112 Å². The van der Waals surface area contributed by atoms with Crippen LogP contribution >= 0.6 is 0 Å². The molecule has 488 valence electrons. The van der Waals surface area contributed by atoms with Crippen molar-refractivity contribution in [3.63, 3.8) is 0 Å². The van der Waals surface area contributed by atoms with Crippen LogP contribution in [0, 0.1) is 114 Å². The molecule has 0 heterocycles. The van der Waals surface area contributed by atoms with E-state index >= 15 is 0 Å². The van der Waals surface area contributed by atoms with Crippen molar-refractivity contribution >= 4 is 0 Å². The molecule has 0 bridgehead atoms. The van der Waals surface area contributed by atoms with E-state index in [0.717, 1.165) is 0 Å². The quantitative estimate of drug-likeness (QED) is 0.151. The Kier molecular flexibility index (Phi) is 35.5. The normalized spacial score (nSPS) is 10.9. The molecule has 0 spiro atoms. The van der Waals surface area contributed by atoms with Crippen LogP contribution in [0.3, 0.4) is 0 Å². The van der Waals surface area contributed by atoms with Crippen LogP contribution in [0.4, 0.5) is 0 Å². The minimum Gasteiger partial charge on any atom is -0.147 e. The van der Waals surface area contributed by atoms with Crippen LogP contribution < -0.4 is 0 Å². The Balaban J connectivity index is 0.000000567. The van der Waals surface area contributed by atoms with Crippen molar-refractivity contribution in [2.75, 3.05) is 0 Å². The molecule has 0 nitrogen and oxygen atoms in total. The molecular weight excluding hydrogens is 1420 g/mol. The van der Waals surface area contributed by atoms with Gasteiger partial charge in [0.1, 0.15) is 0 Å². The van der Waals surface area contributed by atoms with Gasteiger partial charge in [0.2, 0.25) is 0 Å². The third-order valence-corrected chi connectivity index (χ3v) is 16.3. The monoisotopic (exact) mass is 1530 g/mol. The van der Waals surface area contributed by atoms with E-state index in [-0.39, 0.29) is 154 Å². The van der Waals surface area contributed by atoms with Crippen LogP contribution in [0.15, 0.2) is 212 Å². The van der Waals surface area contributed by atoms with Crippen molar-refractivity contribution in [2.24, 2.45) is 0 Å². The molecule has 2 radical (unpaired) electrons. The number of aryl methyl sites for hydroxylation is 7. The van der Waals surface area contributed by atoms with Crippen LogP contribution in [0.1, 0.15) is 185 Å². The Morgan fingerprint density at radius 1 is 0.239 bits per heavy atom. The van der Waals surface area contributed by atoms with Crippen molar-refractivity contribution in [1.82, 2.24) is 0 Å². The minimum absolute atomic E-state index is 0. The summed E-state index contributed by atoms with van der Waals surface area (Å²) in [7, 11) is 0. The summed E-state index contributed by atoms with van der Waals surface area (Å²) in [5.41, 5.74) is 30.1. The molecule has 10 aromatic rings. The van der Waals surface area contributed by atoms with E-state index in [9.17, 15) is 0 Å². The summed E-state index contributed by atoms with van der Waals surface area (Å²) in [4.78, 5) is 0. The molecule has 0 atom stereocenters. The molecule has 0 aliphatic heterocycles. The molecule has 0 fully saturated rings. The van der Waals surface area contributed by atoms with Gasteiger partial charge >= 0.3 is 0 Å². The van der Waals surface area contributed by atoms with E-state index in [4.69, 9.17) is 0 Å². The minimum atomic E-state index is 0. The molecule has 0 amide bonds. The summed E-state index contributed by atoms with van der Waals surface area (Å²) in [6.45, 7) is 49.0. The van der Waals surface area contributed by atoms with E-state index < -0.39 is 0 Å². The molecule has 10 aromatic carbocycles. The Morgan fingerprint density at radius 2 is 0.543 bits per heavy atom. The molecule has 0 unspecified atom stereocenters. The molecule has 0 aromatic heterocycles. The van der Waals surface area contributed by atoms with Gasteiger partial charge in [0.25, 0.3) is 0 Å². The smallest absolute Gasteiger partial charge is 0 e. The average Bonchev–Trinajstić information content (AvgIpc) is 0.854. The molecular formula is C89H109Y2Yb-3. The fraction of sp³-hybridized carbons (Fsp3) is 0.326. The van der Waals surface area contributed by atoms with Crippen molar-refractivity contribution in [1.29, 1.82) is 0 Å². The molecule has 0 aliphatic rings. The first-order valence-electron chi connectivity index (χ1n) is 31.3. The van der Waals surface area contributed by atoms with Gasteiger partial charge in [-0.05, 0) is 137 Å². The second-order valence-corrected chi connectivity index (χ2v) is 28.9. The van der Waals surface area contributed by atoms with Gasteiger partial charge in [-0.15, -0.1) is 108 Å². The summed E-state index contributed by atoms with van der Waals surface area (Å²) < 4.78 is 0. The fourth-order valence-electron chi connectivity index (χ4n) is 10.7. The van der Waals surface area contributed by atoms with Gasteiger partial charge < -0.3 is 0 Å². The van der Waals surface area contributed by atoms with Gasteiger partial charge in [0, 0.05) is 112 Å². The predicted molar refractivity (Wildman–Crippen MR) is 396 cm³/mol. The fourth-order valence-corrected chi connectivity index (χ4v) is 10.7. The van der Waals surface area contributed by atoms with Gasteiger partial charge in [-0.2, -0.15) is 0 Å². The average molecular weight is 1530 g/mol. The maximum atomic E-state index is 3.30.